The van der Waals surface area contributed by atoms with Crippen molar-refractivity contribution in [3.63, 3.8) is 0 Å². The number of amides is 1. The maximum atomic E-state index is 13.1. The summed E-state index contributed by atoms with van der Waals surface area (Å²) < 4.78 is 53.6. The minimum absolute atomic E-state index is 0.123. The standard InChI is InChI=1S/C14H11F4N5O/c1-6-10-11(20-21-12(10)23(2)22-6)19-13(24)8-4-3-7(15)5-9(8)14(16,17)18/h3-5H,1-2H3,(H2,19,20,21,24). The van der Waals surface area contributed by atoms with E-state index in [9.17, 15) is 22.4 Å². The van der Waals surface area contributed by atoms with Crippen LogP contribution >= 0.6 is 0 Å². The molecule has 0 spiro atoms. The lowest BCUT2D eigenvalue weighted by molar-refractivity contribution is -0.138. The SMILES string of the molecule is Cc1nn(C)c2n[nH]c(NC(=O)c3ccc(F)cc3C(F)(F)F)c12. The third-order valence-corrected chi connectivity index (χ3v) is 3.49. The molecule has 6 nitrogen and oxygen atoms in total. The van der Waals surface area contributed by atoms with Crippen LogP contribution in [0.1, 0.15) is 21.6 Å². The summed E-state index contributed by atoms with van der Waals surface area (Å²) in [7, 11) is 1.64. The number of hydrogen-bond donors (Lipinski definition) is 2. The van der Waals surface area contributed by atoms with Gasteiger partial charge in [-0.15, -0.1) is 0 Å². The Hall–Kier alpha value is -2.91. The number of carbonyl (C=O) groups excluding carboxylic acids is 1. The summed E-state index contributed by atoms with van der Waals surface area (Å²) in [6.07, 6.45) is -4.86. The predicted octanol–water partition coefficient (Wildman–Crippen LogP) is 3.02. The third-order valence-electron chi connectivity index (χ3n) is 3.49. The summed E-state index contributed by atoms with van der Waals surface area (Å²) in [4.78, 5) is 12.2. The Balaban J connectivity index is 2.01. The minimum Gasteiger partial charge on any atom is -0.306 e. The first kappa shape index (κ1) is 16.0. The van der Waals surface area contributed by atoms with Gasteiger partial charge in [0.05, 0.1) is 22.2 Å². The lowest BCUT2D eigenvalue weighted by Crippen LogP contribution is -2.19. The maximum Gasteiger partial charge on any atom is 0.417 e. The van der Waals surface area contributed by atoms with Gasteiger partial charge < -0.3 is 5.32 Å². The van der Waals surface area contributed by atoms with Crippen molar-refractivity contribution in [2.24, 2.45) is 7.05 Å². The number of aromatic nitrogens is 4. The zero-order chi connectivity index (χ0) is 17.6. The van der Waals surface area contributed by atoms with Crippen LogP contribution in [0.5, 0.6) is 0 Å². The van der Waals surface area contributed by atoms with Gasteiger partial charge in [0.2, 0.25) is 0 Å². The Morgan fingerprint density at radius 3 is 2.71 bits per heavy atom. The Bertz CT molecular complexity index is 941. The van der Waals surface area contributed by atoms with Crippen LogP contribution in [0.3, 0.4) is 0 Å². The lowest BCUT2D eigenvalue weighted by Gasteiger charge is -2.12. The fourth-order valence-electron chi connectivity index (χ4n) is 2.45. The number of anilines is 1. The van der Waals surface area contributed by atoms with Gasteiger partial charge in [-0.2, -0.15) is 23.4 Å². The number of nitrogens with zero attached hydrogens (tertiary/aromatic N) is 3. The summed E-state index contributed by atoms with van der Waals surface area (Å²) in [6.45, 7) is 1.67. The number of aromatic amines is 1. The fraction of sp³-hybridized carbons (Fsp3) is 0.214. The number of halogens is 4. The molecule has 0 aliphatic heterocycles. The third kappa shape index (κ3) is 2.59. The normalized spacial score (nSPS) is 11.9. The highest BCUT2D eigenvalue weighted by Crippen LogP contribution is 2.33. The number of fused-ring (bicyclic) bond motifs is 1. The molecule has 1 amide bonds. The summed E-state index contributed by atoms with van der Waals surface area (Å²) in [6, 6.07) is 1.87. The van der Waals surface area contributed by atoms with E-state index in [0.717, 1.165) is 12.1 Å². The van der Waals surface area contributed by atoms with E-state index in [4.69, 9.17) is 0 Å². The number of carbonyl (C=O) groups is 1. The average molecular weight is 341 g/mol. The van der Waals surface area contributed by atoms with E-state index in [2.05, 4.69) is 20.6 Å². The number of alkyl halides is 3. The molecule has 24 heavy (non-hydrogen) atoms. The maximum absolute atomic E-state index is 13.1. The first-order chi connectivity index (χ1) is 11.2. The van der Waals surface area contributed by atoms with Crippen LogP contribution in [0, 0.1) is 12.7 Å². The van der Waals surface area contributed by atoms with Crippen molar-refractivity contribution in [1.82, 2.24) is 20.0 Å². The van der Waals surface area contributed by atoms with Gasteiger partial charge in [0.25, 0.3) is 5.91 Å². The molecule has 126 valence electrons. The van der Waals surface area contributed by atoms with Crippen molar-refractivity contribution >= 4 is 22.8 Å². The molecular formula is C14H11F4N5O. The number of rotatable bonds is 2. The number of benzene rings is 1. The lowest BCUT2D eigenvalue weighted by atomic mass is 10.1. The van der Waals surface area contributed by atoms with E-state index in [1.807, 2.05) is 0 Å². The number of hydrogen-bond acceptors (Lipinski definition) is 3. The second-order valence-electron chi connectivity index (χ2n) is 5.15. The topological polar surface area (TPSA) is 75.6 Å². The Morgan fingerprint density at radius 2 is 2.04 bits per heavy atom. The highest BCUT2D eigenvalue weighted by atomic mass is 19.4. The van der Waals surface area contributed by atoms with Crippen molar-refractivity contribution in [2.75, 3.05) is 5.32 Å². The van der Waals surface area contributed by atoms with E-state index in [1.54, 1.807) is 14.0 Å². The molecule has 0 unspecified atom stereocenters. The fourth-order valence-corrected chi connectivity index (χ4v) is 2.45. The average Bonchev–Trinajstić information content (AvgIpc) is 3.01. The number of H-pyrrole nitrogens is 1. The molecule has 0 radical (unpaired) electrons. The largest absolute Gasteiger partial charge is 0.417 e. The second-order valence-corrected chi connectivity index (χ2v) is 5.15. The van der Waals surface area contributed by atoms with Gasteiger partial charge >= 0.3 is 6.18 Å². The van der Waals surface area contributed by atoms with Gasteiger partial charge in [-0.3, -0.25) is 9.89 Å². The monoisotopic (exact) mass is 341 g/mol. The molecule has 0 atom stereocenters. The van der Waals surface area contributed by atoms with Gasteiger partial charge in [0, 0.05) is 7.05 Å². The zero-order valence-electron chi connectivity index (χ0n) is 12.5. The molecule has 2 N–H and O–H groups in total. The molecule has 0 fully saturated rings. The van der Waals surface area contributed by atoms with Gasteiger partial charge in [0.1, 0.15) is 11.6 Å². The first-order valence-electron chi connectivity index (χ1n) is 6.74. The van der Waals surface area contributed by atoms with Crippen LogP contribution in [0.15, 0.2) is 18.2 Å². The molecule has 0 aliphatic carbocycles. The Labute approximate surface area is 132 Å². The van der Waals surface area contributed by atoms with Crippen molar-refractivity contribution < 1.29 is 22.4 Å². The first-order valence-corrected chi connectivity index (χ1v) is 6.74. The highest BCUT2D eigenvalue weighted by Gasteiger charge is 2.36. The van der Waals surface area contributed by atoms with E-state index in [-0.39, 0.29) is 11.9 Å². The summed E-state index contributed by atoms with van der Waals surface area (Å²) in [5, 5.41) is 13.4. The molecular weight excluding hydrogens is 330 g/mol. The molecule has 10 heteroatoms. The molecule has 0 bridgehead atoms. The molecule has 0 saturated heterocycles. The van der Waals surface area contributed by atoms with Gasteiger partial charge in [-0.05, 0) is 25.1 Å². The van der Waals surface area contributed by atoms with Crippen LogP contribution in [-0.2, 0) is 13.2 Å². The van der Waals surface area contributed by atoms with Gasteiger partial charge in [-0.1, -0.05) is 0 Å². The van der Waals surface area contributed by atoms with E-state index < -0.39 is 29.0 Å². The van der Waals surface area contributed by atoms with E-state index >= 15 is 0 Å². The van der Waals surface area contributed by atoms with Crippen molar-refractivity contribution in [3.05, 3.63) is 40.8 Å². The summed E-state index contributed by atoms with van der Waals surface area (Å²) in [5.41, 5.74) is -1.04. The van der Waals surface area contributed by atoms with E-state index in [0.29, 0.717) is 16.7 Å². The zero-order valence-corrected chi connectivity index (χ0v) is 12.5. The van der Waals surface area contributed by atoms with Crippen molar-refractivity contribution in [2.45, 2.75) is 13.1 Å². The van der Waals surface area contributed by atoms with Gasteiger partial charge in [0.15, 0.2) is 5.65 Å². The minimum atomic E-state index is -4.86. The Morgan fingerprint density at radius 1 is 1.33 bits per heavy atom. The summed E-state index contributed by atoms with van der Waals surface area (Å²) >= 11 is 0. The van der Waals surface area contributed by atoms with Crippen LogP contribution < -0.4 is 5.32 Å². The van der Waals surface area contributed by atoms with Crippen molar-refractivity contribution in [3.8, 4) is 0 Å². The molecule has 1 aromatic carbocycles. The number of nitrogens with one attached hydrogen (secondary N) is 2. The van der Waals surface area contributed by atoms with Crippen LogP contribution in [0.25, 0.3) is 11.0 Å². The van der Waals surface area contributed by atoms with E-state index in [1.165, 1.54) is 4.68 Å². The molecule has 3 aromatic rings. The summed E-state index contributed by atoms with van der Waals surface area (Å²) in [5.74, 6) is -1.99. The van der Waals surface area contributed by atoms with Crippen LogP contribution in [0.4, 0.5) is 23.4 Å². The van der Waals surface area contributed by atoms with Gasteiger partial charge in [-0.25, -0.2) is 9.07 Å². The molecule has 0 saturated carbocycles. The van der Waals surface area contributed by atoms with Crippen LogP contribution in [-0.4, -0.2) is 25.9 Å². The smallest absolute Gasteiger partial charge is 0.306 e. The molecule has 0 aliphatic rings. The molecule has 3 rings (SSSR count). The molecule has 2 heterocycles. The van der Waals surface area contributed by atoms with Crippen molar-refractivity contribution in [1.29, 1.82) is 0 Å². The number of aryl methyl sites for hydroxylation is 2. The highest BCUT2D eigenvalue weighted by molar-refractivity contribution is 6.08. The quantitative estimate of drug-likeness (QED) is 0.704. The predicted molar refractivity (Wildman–Crippen MR) is 77.0 cm³/mol. The molecule has 2 aromatic heterocycles. The van der Waals surface area contributed by atoms with Crippen LogP contribution in [0.2, 0.25) is 0 Å². The second kappa shape index (κ2) is 5.32. The Kier molecular flexibility index (Phi) is 3.54.